The molecule has 0 fully saturated rings. The van der Waals surface area contributed by atoms with E-state index in [1.165, 1.54) is 12.0 Å². The van der Waals surface area contributed by atoms with Gasteiger partial charge >= 0.3 is 6.09 Å². The second-order valence-corrected chi connectivity index (χ2v) is 7.60. The number of hydrogen-bond donors (Lipinski definition) is 1. The van der Waals surface area contributed by atoms with E-state index in [4.69, 9.17) is 9.47 Å². The van der Waals surface area contributed by atoms with E-state index < -0.39 is 11.7 Å². The number of anilines is 1. The van der Waals surface area contributed by atoms with Gasteiger partial charge in [-0.15, -0.1) is 0 Å². The number of ether oxygens (including phenoxy) is 2. The van der Waals surface area contributed by atoms with Crippen LogP contribution < -0.4 is 10.2 Å². The number of carbonyl (C=O) groups excluding carboxylic acids is 3. The first-order valence-corrected chi connectivity index (χ1v) is 9.33. The maximum Gasteiger partial charge on any atom is 0.410 e. The van der Waals surface area contributed by atoms with Crippen molar-refractivity contribution < 1.29 is 23.9 Å². The molecule has 3 amide bonds. The molecule has 0 saturated carbocycles. The van der Waals surface area contributed by atoms with Gasteiger partial charge in [0.25, 0.3) is 0 Å². The average molecular weight is 391 g/mol. The quantitative estimate of drug-likeness (QED) is 0.727. The summed E-state index contributed by atoms with van der Waals surface area (Å²) in [6.45, 7) is 6.39. The Balaban J connectivity index is 1.85. The molecule has 1 aliphatic heterocycles. The van der Waals surface area contributed by atoms with Gasteiger partial charge in [0.05, 0.1) is 13.0 Å². The zero-order valence-corrected chi connectivity index (χ0v) is 17.0. The molecule has 8 heteroatoms. The number of nitrogens with one attached hydrogen (secondary N) is 1. The van der Waals surface area contributed by atoms with Crippen molar-refractivity contribution in [2.75, 3.05) is 44.8 Å². The molecule has 0 saturated heterocycles. The van der Waals surface area contributed by atoms with Crippen molar-refractivity contribution >= 4 is 23.6 Å². The summed E-state index contributed by atoms with van der Waals surface area (Å²) in [6.07, 6.45) is -0.184. The van der Waals surface area contributed by atoms with E-state index in [2.05, 4.69) is 5.32 Å². The van der Waals surface area contributed by atoms with E-state index in [9.17, 15) is 14.4 Å². The van der Waals surface area contributed by atoms with Crippen molar-refractivity contribution in [3.63, 3.8) is 0 Å². The summed E-state index contributed by atoms with van der Waals surface area (Å²) in [4.78, 5) is 39.7. The normalized spacial score (nSPS) is 13.3. The Morgan fingerprint density at radius 3 is 2.64 bits per heavy atom. The van der Waals surface area contributed by atoms with Crippen LogP contribution in [-0.2, 0) is 25.5 Å². The highest BCUT2D eigenvalue weighted by Gasteiger charge is 2.27. The predicted molar refractivity (Wildman–Crippen MR) is 105 cm³/mol. The number of carbonyl (C=O) groups is 3. The van der Waals surface area contributed by atoms with Crippen molar-refractivity contribution in [1.82, 2.24) is 10.2 Å². The second kappa shape index (κ2) is 9.54. The fraction of sp³-hybridized carbons (Fsp3) is 0.550. The Labute approximate surface area is 165 Å². The third-order valence-electron chi connectivity index (χ3n) is 4.13. The molecule has 0 radical (unpaired) electrons. The van der Waals surface area contributed by atoms with E-state index in [0.717, 1.165) is 11.3 Å². The number of rotatable bonds is 8. The number of amides is 3. The van der Waals surface area contributed by atoms with Gasteiger partial charge in [-0.05, 0) is 32.4 Å². The Morgan fingerprint density at radius 2 is 1.96 bits per heavy atom. The maximum atomic E-state index is 12.3. The van der Waals surface area contributed by atoms with E-state index in [0.29, 0.717) is 26.1 Å². The molecule has 1 N–H and O–H groups in total. The molecule has 28 heavy (non-hydrogen) atoms. The molecule has 154 valence electrons. The SMILES string of the molecule is COCCN(CC(=O)NCCN1C(=O)Cc2ccccc21)C(=O)OC(C)(C)C. The largest absolute Gasteiger partial charge is 0.444 e. The van der Waals surface area contributed by atoms with Crippen LogP contribution in [0.2, 0.25) is 0 Å². The van der Waals surface area contributed by atoms with Gasteiger partial charge < -0.3 is 19.7 Å². The molecule has 0 unspecified atom stereocenters. The number of benzene rings is 1. The highest BCUT2D eigenvalue weighted by molar-refractivity contribution is 6.01. The first-order chi connectivity index (χ1) is 13.2. The summed E-state index contributed by atoms with van der Waals surface area (Å²) in [7, 11) is 1.53. The lowest BCUT2D eigenvalue weighted by atomic mass is 10.2. The zero-order valence-electron chi connectivity index (χ0n) is 17.0. The highest BCUT2D eigenvalue weighted by atomic mass is 16.6. The van der Waals surface area contributed by atoms with E-state index >= 15 is 0 Å². The molecule has 0 aromatic heterocycles. The predicted octanol–water partition coefficient (Wildman–Crippen LogP) is 1.58. The van der Waals surface area contributed by atoms with Crippen LogP contribution in [0.3, 0.4) is 0 Å². The lowest BCUT2D eigenvalue weighted by molar-refractivity contribution is -0.122. The minimum absolute atomic E-state index is 0.0194. The molecule has 0 atom stereocenters. The third kappa shape index (κ3) is 6.23. The number of nitrogens with zero attached hydrogens (tertiary/aromatic N) is 2. The second-order valence-electron chi connectivity index (χ2n) is 7.60. The fourth-order valence-electron chi connectivity index (χ4n) is 2.86. The van der Waals surface area contributed by atoms with Gasteiger partial charge in [-0.3, -0.25) is 14.5 Å². The Kier molecular flexibility index (Phi) is 7.39. The number of hydrogen-bond acceptors (Lipinski definition) is 5. The van der Waals surface area contributed by atoms with Crippen molar-refractivity contribution in [1.29, 1.82) is 0 Å². The van der Waals surface area contributed by atoms with Crippen LogP contribution >= 0.6 is 0 Å². The summed E-state index contributed by atoms with van der Waals surface area (Å²) in [5.41, 5.74) is 1.23. The third-order valence-corrected chi connectivity index (χ3v) is 4.13. The Bertz CT molecular complexity index is 714. The van der Waals surface area contributed by atoms with Gasteiger partial charge in [-0.25, -0.2) is 4.79 Å². The average Bonchev–Trinajstić information content (AvgIpc) is 2.92. The summed E-state index contributed by atoms with van der Waals surface area (Å²) >= 11 is 0. The van der Waals surface area contributed by atoms with Gasteiger partial charge in [0.1, 0.15) is 12.1 Å². The van der Waals surface area contributed by atoms with E-state index in [1.54, 1.807) is 25.7 Å². The summed E-state index contributed by atoms with van der Waals surface area (Å²) < 4.78 is 10.3. The van der Waals surface area contributed by atoms with Crippen LogP contribution in [0.1, 0.15) is 26.3 Å². The van der Waals surface area contributed by atoms with Crippen LogP contribution in [0.5, 0.6) is 0 Å². The van der Waals surface area contributed by atoms with Crippen LogP contribution in [0.15, 0.2) is 24.3 Å². The molecule has 1 heterocycles. The van der Waals surface area contributed by atoms with Gasteiger partial charge in [0, 0.05) is 32.4 Å². The first-order valence-electron chi connectivity index (χ1n) is 9.33. The number of methoxy groups -OCH3 is 1. The molecule has 0 bridgehead atoms. The molecule has 2 rings (SSSR count). The molecule has 0 spiro atoms. The van der Waals surface area contributed by atoms with Crippen molar-refractivity contribution in [2.45, 2.75) is 32.8 Å². The van der Waals surface area contributed by atoms with Crippen molar-refractivity contribution in [2.24, 2.45) is 0 Å². The van der Waals surface area contributed by atoms with Gasteiger partial charge in [-0.2, -0.15) is 0 Å². The van der Waals surface area contributed by atoms with Gasteiger partial charge in [0.15, 0.2) is 0 Å². The minimum Gasteiger partial charge on any atom is -0.444 e. The van der Waals surface area contributed by atoms with Gasteiger partial charge in [-0.1, -0.05) is 18.2 Å². The lowest BCUT2D eigenvalue weighted by Gasteiger charge is -2.27. The Hall–Kier alpha value is -2.61. The standard InChI is InChI=1S/C20H29N3O5/c1-20(2,3)28-19(26)22(11-12-27-4)14-17(24)21-9-10-23-16-8-6-5-7-15(16)13-18(23)25/h5-8H,9-14H2,1-4H3,(H,21,24). The zero-order chi connectivity index (χ0) is 20.7. The minimum atomic E-state index is -0.650. The highest BCUT2D eigenvalue weighted by Crippen LogP contribution is 2.27. The molecule has 1 aromatic carbocycles. The summed E-state index contributed by atoms with van der Waals surface area (Å²) in [6, 6.07) is 7.62. The fourth-order valence-corrected chi connectivity index (χ4v) is 2.86. The smallest absolute Gasteiger partial charge is 0.410 e. The van der Waals surface area contributed by atoms with Gasteiger partial charge in [0.2, 0.25) is 11.8 Å². The lowest BCUT2D eigenvalue weighted by Crippen LogP contribution is -2.46. The van der Waals surface area contributed by atoms with Crippen LogP contribution in [0.25, 0.3) is 0 Å². The first kappa shape index (κ1) is 21.7. The summed E-state index contributed by atoms with van der Waals surface area (Å²) in [5, 5.41) is 2.76. The molecule has 0 aliphatic carbocycles. The van der Waals surface area contributed by atoms with Crippen LogP contribution in [0, 0.1) is 0 Å². The van der Waals surface area contributed by atoms with Crippen LogP contribution in [-0.4, -0.2) is 68.3 Å². The molecule has 1 aliphatic rings. The van der Waals surface area contributed by atoms with Crippen LogP contribution in [0.4, 0.5) is 10.5 Å². The molecule has 8 nitrogen and oxygen atoms in total. The van der Waals surface area contributed by atoms with E-state index in [-0.39, 0.29) is 24.9 Å². The molecular formula is C20H29N3O5. The maximum absolute atomic E-state index is 12.3. The topological polar surface area (TPSA) is 88.2 Å². The van der Waals surface area contributed by atoms with Crippen molar-refractivity contribution in [3.8, 4) is 0 Å². The molecule has 1 aromatic rings. The van der Waals surface area contributed by atoms with E-state index in [1.807, 2.05) is 24.3 Å². The summed E-state index contributed by atoms with van der Waals surface area (Å²) in [5.74, 6) is -0.298. The Morgan fingerprint density at radius 1 is 1.25 bits per heavy atom. The number of para-hydroxylation sites is 1. The molecular weight excluding hydrogens is 362 g/mol. The monoisotopic (exact) mass is 391 g/mol. The van der Waals surface area contributed by atoms with Crippen molar-refractivity contribution in [3.05, 3.63) is 29.8 Å². The number of fused-ring (bicyclic) bond motifs is 1.